The van der Waals surface area contributed by atoms with Crippen LogP contribution in [0.3, 0.4) is 0 Å². The van der Waals surface area contributed by atoms with Gasteiger partial charge < -0.3 is 24.4 Å². The highest BCUT2D eigenvalue weighted by molar-refractivity contribution is 6.76. The maximum Gasteiger partial charge on any atom is 0.256 e. The van der Waals surface area contributed by atoms with Gasteiger partial charge in [0.1, 0.15) is 6.73 Å². The van der Waals surface area contributed by atoms with Crippen molar-refractivity contribution >= 4 is 19.7 Å². The maximum atomic E-state index is 13.2. The van der Waals surface area contributed by atoms with Gasteiger partial charge in [0, 0.05) is 39.9 Å². The minimum Gasteiger partial charge on any atom is -0.504 e. The van der Waals surface area contributed by atoms with Gasteiger partial charge in [-0.15, -0.1) is 0 Å². The van der Waals surface area contributed by atoms with Gasteiger partial charge in [0.25, 0.3) is 5.91 Å². The van der Waals surface area contributed by atoms with Crippen molar-refractivity contribution < 1.29 is 19.4 Å². The lowest BCUT2D eigenvalue weighted by Gasteiger charge is -2.28. The van der Waals surface area contributed by atoms with Crippen molar-refractivity contribution in [2.75, 3.05) is 38.4 Å². The Morgan fingerprint density at radius 1 is 1.26 bits per heavy atom. The number of phenols is 1. The Bertz CT molecular complexity index is 704. The summed E-state index contributed by atoms with van der Waals surface area (Å²) >= 11 is 0. The third-order valence-electron chi connectivity index (χ3n) is 5.43. The lowest BCUT2D eigenvalue weighted by Crippen LogP contribution is -2.40. The molecule has 1 N–H and O–H groups in total. The fourth-order valence-electron chi connectivity index (χ4n) is 3.91. The average molecular weight is 393 g/mol. The fourth-order valence-corrected chi connectivity index (χ4v) is 4.67. The monoisotopic (exact) mass is 392 g/mol. The summed E-state index contributed by atoms with van der Waals surface area (Å²) in [6.07, 6.45) is 0.994. The summed E-state index contributed by atoms with van der Waals surface area (Å²) in [5.74, 6) is 0.885. The molecule has 0 unspecified atom stereocenters. The van der Waals surface area contributed by atoms with E-state index in [-0.39, 0.29) is 17.7 Å². The summed E-state index contributed by atoms with van der Waals surface area (Å²) in [6.45, 7) is 11.8. The number of carbonyl (C=O) groups excluding carboxylic acids is 1. The van der Waals surface area contributed by atoms with Crippen LogP contribution in [0.5, 0.6) is 11.5 Å². The van der Waals surface area contributed by atoms with Gasteiger partial charge in [-0.2, -0.15) is 0 Å². The third kappa shape index (κ3) is 4.40. The Labute approximate surface area is 163 Å². The summed E-state index contributed by atoms with van der Waals surface area (Å²) in [5, 5.41) is 10.3. The van der Waals surface area contributed by atoms with Gasteiger partial charge in [-0.3, -0.25) is 4.79 Å². The number of methoxy groups -OCH3 is 1. The second-order valence-corrected chi connectivity index (χ2v) is 14.7. The fraction of sp³-hybridized carbons (Fsp3) is 0.650. The third-order valence-corrected chi connectivity index (χ3v) is 7.13. The number of hydrogen-bond acceptors (Lipinski definition) is 5. The van der Waals surface area contributed by atoms with E-state index in [1.165, 1.54) is 7.11 Å². The first-order valence-electron chi connectivity index (χ1n) is 9.74. The molecule has 0 spiro atoms. The van der Waals surface area contributed by atoms with Crippen molar-refractivity contribution in [2.24, 2.45) is 5.92 Å². The van der Waals surface area contributed by atoms with Crippen LogP contribution in [0.1, 0.15) is 23.7 Å². The van der Waals surface area contributed by atoms with E-state index in [2.05, 4.69) is 31.5 Å². The molecule has 2 aliphatic heterocycles. The highest BCUT2D eigenvalue weighted by Crippen LogP contribution is 2.39. The van der Waals surface area contributed by atoms with E-state index in [0.29, 0.717) is 24.0 Å². The van der Waals surface area contributed by atoms with Crippen LogP contribution in [0, 0.1) is 5.92 Å². The summed E-state index contributed by atoms with van der Waals surface area (Å²) in [4.78, 5) is 17.2. The standard InChI is InChI=1S/C20H32N2O4Si/c1-14-8-15-12-21(13-26-6-7-27(3,4)5)17-10-18(23)19(25-2)9-16(17)20(24)22(15)11-14/h9-10,14-15,23H,6-8,11-13H2,1-5H3/t14-,15+/m1/s1. The van der Waals surface area contributed by atoms with Crippen LogP contribution in [0.2, 0.25) is 25.7 Å². The van der Waals surface area contributed by atoms with Gasteiger partial charge in [-0.1, -0.05) is 26.6 Å². The maximum absolute atomic E-state index is 13.2. The van der Waals surface area contributed by atoms with Crippen molar-refractivity contribution in [2.45, 2.75) is 45.1 Å². The Morgan fingerprint density at radius 3 is 2.67 bits per heavy atom. The zero-order chi connectivity index (χ0) is 19.8. The predicted molar refractivity (Wildman–Crippen MR) is 110 cm³/mol. The first kappa shape index (κ1) is 20.0. The zero-order valence-electron chi connectivity index (χ0n) is 17.1. The molecule has 1 amide bonds. The SMILES string of the molecule is COc1cc2c(cc1O)N(COCC[Si](C)(C)C)C[C@@H]1C[C@@H](C)CN1C2=O. The molecule has 1 fully saturated rings. The molecule has 0 aliphatic carbocycles. The molecule has 7 heteroatoms. The Hall–Kier alpha value is -1.73. The van der Waals surface area contributed by atoms with E-state index < -0.39 is 8.07 Å². The van der Waals surface area contributed by atoms with Gasteiger partial charge in [-0.25, -0.2) is 0 Å². The Morgan fingerprint density at radius 2 is 2.00 bits per heavy atom. The van der Waals surface area contributed by atoms with E-state index >= 15 is 0 Å². The first-order chi connectivity index (χ1) is 12.7. The number of benzene rings is 1. The van der Waals surface area contributed by atoms with Gasteiger partial charge in [-0.05, 0) is 24.4 Å². The van der Waals surface area contributed by atoms with Gasteiger partial charge in [0.05, 0.1) is 18.4 Å². The molecule has 150 valence electrons. The van der Waals surface area contributed by atoms with Crippen molar-refractivity contribution in [3.8, 4) is 11.5 Å². The normalized spacial score (nSPS) is 22.5. The molecule has 1 aromatic carbocycles. The molecular formula is C20H32N2O4Si. The largest absolute Gasteiger partial charge is 0.504 e. The van der Waals surface area contributed by atoms with E-state index in [1.807, 2.05) is 4.90 Å². The van der Waals surface area contributed by atoms with Crippen molar-refractivity contribution in [3.63, 3.8) is 0 Å². The van der Waals surface area contributed by atoms with Gasteiger partial charge >= 0.3 is 0 Å². The summed E-state index contributed by atoms with van der Waals surface area (Å²) in [5.41, 5.74) is 1.31. The molecule has 0 bridgehead atoms. The molecule has 1 aromatic rings. The molecule has 2 aliphatic rings. The molecule has 2 atom stereocenters. The molecule has 0 saturated carbocycles. The van der Waals surface area contributed by atoms with Crippen LogP contribution in [-0.4, -0.2) is 63.6 Å². The van der Waals surface area contributed by atoms with Crippen LogP contribution in [0.25, 0.3) is 0 Å². The second kappa shape index (κ2) is 7.71. The van der Waals surface area contributed by atoms with E-state index in [9.17, 15) is 9.90 Å². The van der Waals surface area contributed by atoms with Crippen LogP contribution < -0.4 is 9.64 Å². The number of nitrogens with zero attached hydrogens (tertiary/aromatic N) is 2. The van der Waals surface area contributed by atoms with Crippen molar-refractivity contribution in [1.82, 2.24) is 4.90 Å². The highest BCUT2D eigenvalue weighted by atomic mass is 28.3. The topological polar surface area (TPSA) is 62.2 Å². The first-order valence-corrected chi connectivity index (χ1v) is 13.4. The number of ether oxygens (including phenoxy) is 2. The molecule has 1 saturated heterocycles. The molecule has 27 heavy (non-hydrogen) atoms. The number of carbonyl (C=O) groups is 1. The number of anilines is 1. The number of phenolic OH excluding ortho intramolecular Hbond substituents is 1. The van der Waals surface area contributed by atoms with E-state index in [1.54, 1.807) is 12.1 Å². The molecule has 0 aromatic heterocycles. The molecular weight excluding hydrogens is 360 g/mol. The minimum absolute atomic E-state index is 0.0160. The van der Waals surface area contributed by atoms with E-state index in [0.717, 1.165) is 37.8 Å². The minimum atomic E-state index is -1.15. The number of fused-ring (bicyclic) bond motifs is 2. The zero-order valence-corrected chi connectivity index (χ0v) is 18.1. The number of hydrogen-bond donors (Lipinski definition) is 1. The lowest BCUT2D eigenvalue weighted by molar-refractivity contribution is 0.0740. The number of aromatic hydroxyl groups is 1. The molecule has 2 heterocycles. The average Bonchev–Trinajstić information content (AvgIpc) is 2.92. The molecule has 6 nitrogen and oxygen atoms in total. The molecule has 0 radical (unpaired) electrons. The summed E-state index contributed by atoms with van der Waals surface area (Å²) in [7, 11) is 0.350. The molecule has 3 rings (SSSR count). The lowest BCUT2D eigenvalue weighted by atomic mass is 10.1. The quantitative estimate of drug-likeness (QED) is 0.594. The van der Waals surface area contributed by atoms with Crippen LogP contribution in [-0.2, 0) is 4.74 Å². The Kier molecular flexibility index (Phi) is 5.72. The predicted octanol–water partition coefficient (Wildman–Crippen LogP) is 3.38. The van der Waals surface area contributed by atoms with Gasteiger partial charge in [0.15, 0.2) is 11.5 Å². The highest BCUT2D eigenvalue weighted by Gasteiger charge is 2.39. The second-order valence-electron chi connectivity index (χ2n) is 9.06. The van der Waals surface area contributed by atoms with E-state index in [4.69, 9.17) is 9.47 Å². The van der Waals surface area contributed by atoms with Crippen LogP contribution >= 0.6 is 0 Å². The number of amides is 1. The van der Waals surface area contributed by atoms with Crippen LogP contribution in [0.4, 0.5) is 5.69 Å². The Balaban J connectivity index is 1.87. The smallest absolute Gasteiger partial charge is 0.256 e. The van der Waals surface area contributed by atoms with Crippen LogP contribution in [0.15, 0.2) is 12.1 Å². The summed E-state index contributed by atoms with van der Waals surface area (Å²) in [6, 6.07) is 4.58. The van der Waals surface area contributed by atoms with Crippen molar-refractivity contribution in [3.05, 3.63) is 17.7 Å². The number of rotatable bonds is 6. The summed E-state index contributed by atoms with van der Waals surface area (Å²) < 4.78 is 11.2. The van der Waals surface area contributed by atoms with Gasteiger partial charge in [0.2, 0.25) is 0 Å². The van der Waals surface area contributed by atoms with Crippen molar-refractivity contribution in [1.29, 1.82) is 0 Å².